The van der Waals surface area contributed by atoms with E-state index in [1.165, 1.54) is 0 Å². The summed E-state index contributed by atoms with van der Waals surface area (Å²) in [7, 11) is 0. The molecule has 1 N–H and O–H groups in total. The van der Waals surface area contributed by atoms with E-state index in [1.54, 1.807) is 6.20 Å². The molecular weight excluding hydrogens is 322 g/mol. The zero-order chi connectivity index (χ0) is 16.5. The minimum Gasteiger partial charge on any atom is -0.593 e. The number of nitrogens with zero attached hydrogens (tertiary/aromatic N) is 2. The highest BCUT2D eigenvalue weighted by Crippen LogP contribution is 2.22. The van der Waals surface area contributed by atoms with Crippen molar-refractivity contribution in [1.29, 1.82) is 0 Å². The summed E-state index contributed by atoms with van der Waals surface area (Å²) in [4.78, 5) is 19.6. The largest absolute Gasteiger partial charge is 0.593 e. The van der Waals surface area contributed by atoms with Crippen molar-refractivity contribution in [2.75, 3.05) is 16.6 Å². The third kappa shape index (κ3) is 2.90. The molecule has 1 aliphatic rings. The molecule has 0 aliphatic carbocycles. The van der Waals surface area contributed by atoms with Crippen LogP contribution in [0.1, 0.15) is 17.5 Å². The molecule has 0 saturated carbocycles. The molecule has 3 heterocycles. The van der Waals surface area contributed by atoms with Gasteiger partial charge in [0.25, 0.3) is 5.56 Å². The van der Waals surface area contributed by atoms with Gasteiger partial charge in [-0.2, -0.15) is 4.31 Å². The van der Waals surface area contributed by atoms with Crippen LogP contribution in [-0.4, -0.2) is 26.8 Å². The summed E-state index contributed by atoms with van der Waals surface area (Å²) in [6.07, 6.45) is 3.22. The van der Waals surface area contributed by atoms with E-state index in [2.05, 4.69) is 9.97 Å². The number of aromatic amines is 1. The Morgan fingerprint density at radius 1 is 1.25 bits per heavy atom. The molecule has 122 valence electrons. The molecule has 5 nitrogen and oxygen atoms in total. The maximum absolute atomic E-state index is 12.2. The smallest absolute Gasteiger partial charge is 0.251 e. The summed E-state index contributed by atoms with van der Waals surface area (Å²) in [6.45, 7) is 0.781. The summed E-state index contributed by atoms with van der Waals surface area (Å²) in [6, 6.07) is 13.5. The van der Waals surface area contributed by atoms with Gasteiger partial charge in [-0.25, -0.2) is 4.98 Å². The standard InChI is InChI=1S/C18H17N3O2S/c22-18-15(11-14-4-1-2-5-16(14)20-18)10-13-6-7-17(19-12-13)21-8-3-9-24(21)23/h1-2,4-7,11-12H,3,8-10H2,(H,20,22). The van der Waals surface area contributed by atoms with Crippen molar-refractivity contribution in [3.8, 4) is 0 Å². The number of aromatic nitrogens is 2. The molecule has 1 fully saturated rings. The number of benzene rings is 1. The summed E-state index contributed by atoms with van der Waals surface area (Å²) in [5.74, 6) is 1.44. The first-order chi connectivity index (χ1) is 11.7. The molecule has 0 bridgehead atoms. The highest BCUT2D eigenvalue weighted by molar-refractivity contribution is 7.93. The number of hydrogen-bond acceptors (Lipinski definition) is 4. The molecule has 1 saturated heterocycles. The van der Waals surface area contributed by atoms with Crippen LogP contribution in [0, 0.1) is 0 Å². The molecule has 6 heteroatoms. The molecular formula is C18H17N3O2S. The second-order valence-electron chi connectivity index (χ2n) is 5.89. The quantitative estimate of drug-likeness (QED) is 0.744. The molecule has 4 rings (SSSR count). The van der Waals surface area contributed by atoms with Gasteiger partial charge in [-0.3, -0.25) is 4.79 Å². The predicted octanol–water partition coefficient (Wildman–Crippen LogP) is 2.39. The normalized spacial score (nSPS) is 17.5. The summed E-state index contributed by atoms with van der Waals surface area (Å²) >= 11 is -0.960. The first kappa shape index (κ1) is 15.2. The van der Waals surface area contributed by atoms with Gasteiger partial charge in [0.2, 0.25) is 0 Å². The van der Waals surface area contributed by atoms with Crippen molar-refractivity contribution in [2.45, 2.75) is 12.8 Å². The van der Waals surface area contributed by atoms with Gasteiger partial charge in [0.05, 0.1) is 17.9 Å². The maximum atomic E-state index is 12.2. The van der Waals surface area contributed by atoms with E-state index >= 15 is 0 Å². The number of para-hydroxylation sites is 1. The Morgan fingerprint density at radius 3 is 2.88 bits per heavy atom. The zero-order valence-corrected chi connectivity index (χ0v) is 13.9. The van der Waals surface area contributed by atoms with Crippen molar-refractivity contribution < 1.29 is 4.55 Å². The number of nitrogens with one attached hydrogen (secondary N) is 1. The lowest BCUT2D eigenvalue weighted by molar-refractivity contribution is 0.598. The van der Waals surface area contributed by atoms with Crippen LogP contribution < -0.4 is 9.86 Å². The molecule has 1 aromatic carbocycles. The maximum Gasteiger partial charge on any atom is 0.251 e. The summed E-state index contributed by atoms with van der Waals surface area (Å²) in [5.41, 5.74) is 2.45. The summed E-state index contributed by atoms with van der Waals surface area (Å²) < 4.78 is 13.7. The van der Waals surface area contributed by atoms with Crippen molar-refractivity contribution in [1.82, 2.24) is 9.97 Å². The van der Waals surface area contributed by atoms with Crippen LogP contribution >= 0.6 is 0 Å². The summed E-state index contributed by atoms with van der Waals surface area (Å²) in [5, 5.41) is 1.02. The Balaban J connectivity index is 1.59. The predicted molar refractivity (Wildman–Crippen MR) is 96.6 cm³/mol. The van der Waals surface area contributed by atoms with Crippen LogP contribution in [0.2, 0.25) is 0 Å². The topological polar surface area (TPSA) is 72.0 Å². The molecule has 0 radical (unpaired) electrons. The Hall–Kier alpha value is -2.31. The van der Waals surface area contributed by atoms with Crippen molar-refractivity contribution in [2.24, 2.45) is 0 Å². The van der Waals surface area contributed by atoms with E-state index in [0.717, 1.165) is 35.2 Å². The molecule has 1 aliphatic heterocycles. The minimum atomic E-state index is -0.960. The fourth-order valence-corrected chi connectivity index (χ4v) is 4.22. The molecule has 0 spiro atoms. The lowest BCUT2D eigenvalue weighted by atomic mass is 10.1. The van der Waals surface area contributed by atoms with Gasteiger partial charge in [0.15, 0.2) is 5.82 Å². The van der Waals surface area contributed by atoms with Crippen LogP contribution in [0.3, 0.4) is 0 Å². The average Bonchev–Trinajstić information content (AvgIpc) is 3.02. The van der Waals surface area contributed by atoms with E-state index in [9.17, 15) is 9.35 Å². The minimum absolute atomic E-state index is 0.0709. The zero-order valence-electron chi connectivity index (χ0n) is 13.1. The first-order valence-corrected chi connectivity index (χ1v) is 9.20. The van der Waals surface area contributed by atoms with E-state index in [1.807, 2.05) is 46.8 Å². The number of hydrogen-bond donors (Lipinski definition) is 1. The fourth-order valence-electron chi connectivity index (χ4n) is 2.98. The van der Waals surface area contributed by atoms with E-state index in [4.69, 9.17) is 0 Å². The number of anilines is 1. The number of fused-ring (bicyclic) bond motifs is 1. The van der Waals surface area contributed by atoms with Crippen LogP contribution in [0.5, 0.6) is 0 Å². The Kier molecular flexibility index (Phi) is 4.00. The molecule has 24 heavy (non-hydrogen) atoms. The molecule has 3 aromatic rings. The number of H-pyrrole nitrogens is 1. The third-order valence-corrected chi connectivity index (χ3v) is 5.71. The lowest BCUT2D eigenvalue weighted by Gasteiger charge is -2.17. The monoisotopic (exact) mass is 339 g/mol. The second-order valence-corrected chi connectivity index (χ2v) is 7.39. The Labute approximate surface area is 142 Å². The van der Waals surface area contributed by atoms with E-state index < -0.39 is 11.4 Å². The fraction of sp³-hybridized carbons (Fsp3) is 0.222. The number of pyridine rings is 2. The molecule has 1 unspecified atom stereocenters. The Bertz CT molecular complexity index is 923. The van der Waals surface area contributed by atoms with Gasteiger partial charge in [0, 0.05) is 30.1 Å². The van der Waals surface area contributed by atoms with Crippen LogP contribution in [0.25, 0.3) is 10.9 Å². The molecule has 1 atom stereocenters. The van der Waals surface area contributed by atoms with Crippen LogP contribution in [-0.2, 0) is 17.8 Å². The van der Waals surface area contributed by atoms with Gasteiger partial charge in [-0.1, -0.05) is 24.3 Å². The Morgan fingerprint density at radius 2 is 2.12 bits per heavy atom. The number of rotatable bonds is 3. The van der Waals surface area contributed by atoms with Crippen molar-refractivity contribution in [3.05, 3.63) is 70.1 Å². The van der Waals surface area contributed by atoms with Crippen LogP contribution in [0.15, 0.2) is 53.5 Å². The second kappa shape index (κ2) is 6.30. The van der Waals surface area contributed by atoms with E-state index in [0.29, 0.717) is 17.7 Å². The van der Waals surface area contributed by atoms with Gasteiger partial charge in [-0.05, 0) is 29.1 Å². The van der Waals surface area contributed by atoms with E-state index in [-0.39, 0.29) is 5.56 Å². The van der Waals surface area contributed by atoms with Gasteiger partial charge in [0.1, 0.15) is 5.75 Å². The van der Waals surface area contributed by atoms with Gasteiger partial charge >= 0.3 is 0 Å². The lowest BCUT2D eigenvalue weighted by Crippen LogP contribution is -2.26. The highest BCUT2D eigenvalue weighted by Gasteiger charge is 2.27. The van der Waals surface area contributed by atoms with Gasteiger partial charge < -0.3 is 9.54 Å². The van der Waals surface area contributed by atoms with Crippen molar-refractivity contribution >= 4 is 28.1 Å². The average molecular weight is 339 g/mol. The van der Waals surface area contributed by atoms with Crippen molar-refractivity contribution in [3.63, 3.8) is 0 Å². The molecule has 2 aromatic heterocycles. The first-order valence-electron chi connectivity index (χ1n) is 7.92. The van der Waals surface area contributed by atoms with Crippen LogP contribution in [0.4, 0.5) is 5.82 Å². The third-order valence-electron chi connectivity index (χ3n) is 4.22. The highest BCUT2D eigenvalue weighted by atomic mass is 32.2. The van der Waals surface area contributed by atoms with Gasteiger partial charge in [-0.15, -0.1) is 0 Å². The SMILES string of the molecule is O=c1[nH]c2ccccc2cc1Cc1ccc(N2CCC[S+]2[O-])nc1. The molecule has 0 amide bonds.